The molecule has 2 atom stereocenters. The van der Waals surface area contributed by atoms with Gasteiger partial charge >= 0.3 is 6.09 Å². The van der Waals surface area contributed by atoms with Gasteiger partial charge in [-0.3, -0.25) is 9.59 Å². The van der Waals surface area contributed by atoms with E-state index >= 15 is 0 Å². The number of nitrogens with zero attached hydrogens (tertiary/aromatic N) is 1. The maximum absolute atomic E-state index is 13.5. The number of hydrogen-bond donors (Lipinski definition) is 3. The van der Waals surface area contributed by atoms with Gasteiger partial charge in [-0.1, -0.05) is 54.5 Å². The quantitative estimate of drug-likeness (QED) is 0.350. The van der Waals surface area contributed by atoms with Crippen molar-refractivity contribution >= 4 is 17.9 Å². The number of aliphatic hydroxyl groups excluding tert-OH is 1. The maximum atomic E-state index is 13.5. The second kappa shape index (κ2) is 13.1. The van der Waals surface area contributed by atoms with Gasteiger partial charge in [0.25, 0.3) is 0 Å². The number of amides is 3. The maximum Gasteiger partial charge on any atom is 0.408 e. The number of nitrogens with one attached hydrogen (secondary N) is 2. The largest absolute Gasteiger partial charge is 0.444 e. The zero-order valence-electron chi connectivity index (χ0n) is 20.9. The molecule has 36 heavy (non-hydrogen) atoms. The van der Waals surface area contributed by atoms with Gasteiger partial charge in [-0.2, -0.15) is 0 Å². The first-order chi connectivity index (χ1) is 17.1. The topological polar surface area (TPSA) is 108 Å². The van der Waals surface area contributed by atoms with E-state index in [9.17, 15) is 19.5 Å². The summed E-state index contributed by atoms with van der Waals surface area (Å²) >= 11 is 0. The molecular weight excluding hydrogens is 458 g/mol. The number of carbonyl (C=O) groups is 3. The minimum Gasteiger partial charge on any atom is -0.444 e. The Hall–Kier alpha value is -4.09. The molecular formula is C28H33N3O5. The normalized spacial score (nSPS) is 12.4. The molecule has 0 aromatic heterocycles. The predicted octanol–water partition coefficient (Wildman–Crippen LogP) is 2.93. The predicted molar refractivity (Wildman–Crippen MR) is 138 cm³/mol. The van der Waals surface area contributed by atoms with Crippen LogP contribution in [-0.4, -0.2) is 52.7 Å². The minimum atomic E-state index is -1.34. The van der Waals surface area contributed by atoms with E-state index in [-0.39, 0.29) is 13.1 Å². The zero-order valence-corrected chi connectivity index (χ0v) is 20.9. The van der Waals surface area contributed by atoms with Gasteiger partial charge in [0, 0.05) is 18.7 Å². The van der Waals surface area contributed by atoms with Crippen molar-refractivity contribution in [3.05, 3.63) is 83.9 Å². The molecule has 0 spiro atoms. The number of ether oxygens (including phenoxy) is 1. The molecule has 2 aromatic rings. The Morgan fingerprint density at radius 3 is 2.31 bits per heavy atom. The van der Waals surface area contributed by atoms with E-state index in [4.69, 9.17) is 11.2 Å². The molecule has 2 unspecified atom stereocenters. The third kappa shape index (κ3) is 8.29. The summed E-state index contributed by atoms with van der Waals surface area (Å²) in [6.45, 7) is 8.27. The monoisotopic (exact) mass is 491 g/mol. The molecule has 0 aliphatic rings. The van der Waals surface area contributed by atoms with Crippen LogP contribution in [0.2, 0.25) is 0 Å². The van der Waals surface area contributed by atoms with Gasteiger partial charge in [0.05, 0.1) is 6.61 Å². The lowest BCUT2D eigenvalue weighted by atomic mass is 10.0. The van der Waals surface area contributed by atoms with Crippen LogP contribution in [0.15, 0.2) is 67.3 Å². The first-order valence-electron chi connectivity index (χ1n) is 11.5. The van der Waals surface area contributed by atoms with E-state index in [1.807, 2.05) is 30.3 Å². The molecule has 8 nitrogen and oxygen atoms in total. The van der Waals surface area contributed by atoms with E-state index in [0.29, 0.717) is 11.1 Å². The van der Waals surface area contributed by atoms with Crippen molar-refractivity contribution in [3.63, 3.8) is 0 Å². The molecule has 2 aromatic carbocycles. The second-order valence-electron chi connectivity index (χ2n) is 9.03. The number of benzene rings is 2. The number of carbonyl (C=O) groups excluding carboxylic acids is 3. The fraction of sp³-hybridized carbons (Fsp3) is 0.321. The molecule has 0 aliphatic heterocycles. The Labute approximate surface area is 212 Å². The van der Waals surface area contributed by atoms with Crippen molar-refractivity contribution in [2.75, 3.05) is 13.2 Å². The highest BCUT2D eigenvalue weighted by molar-refractivity contribution is 5.92. The van der Waals surface area contributed by atoms with Crippen LogP contribution in [0.3, 0.4) is 0 Å². The van der Waals surface area contributed by atoms with Crippen molar-refractivity contribution in [1.29, 1.82) is 0 Å². The fourth-order valence-electron chi connectivity index (χ4n) is 3.41. The number of alkyl carbamates (subject to hydrolysis) is 1. The first-order valence-corrected chi connectivity index (χ1v) is 11.5. The Bertz CT molecular complexity index is 1080. The van der Waals surface area contributed by atoms with E-state index < -0.39 is 42.2 Å². The molecule has 0 aliphatic carbocycles. The third-order valence-electron chi connectivity index (χ3n) is 5.04. The highest BCUT2D eigenvalue weighted by atomic mass is 16.6. The molecule has 0 bridgehead atoms. The average molecular weight is 492 g/mol. The summed E-state index contributed by atoms with van der Waals surface area (Å²) in [7, 11) is 0. The van der Waals surface area contributed by atoms with Crippen molar-refractivity contribution in [1.82, 2.24) is 15.5 Å². The van der Waals surface area contributed by atoms with Crippen molar-refractivity contribution in [2.45, 2.75) is 45.0 Å². The van der Waals surface area contributed by atoms with Gasteiger partial charge in [-0.05, 0) is 44.0 Å². The van der Waals surface area contributed by atoms with Crippen molar-refractivity contribution < 1.29 is 24.2 Å². The molecule has 2 rings (SSSR count). The summed E-state index contributed by atoms with van der Waals surface area (Å²) in [5.41, 5.74) is 1.20. The van der Waals surface area contributed by atoms with Crippen molar-refractivity contribution in [3.8, 4) is 12.3 Å². The van der Waals surface area contributed by atoms with Gasteiger partial charge in [-0.15, -0.1) is 13.0 Å². The van der Waals surface area contributed by atoms with E-state index in [2.05, 4.69) is 23.1 Å². The summed E-state index contributed by atoms with van der Waals surface area (Å²) in [6.07, 6.45) is 6.07. The summed E-state index contributed by atoms with van der Waals surface area (Å²) < 4.78 is 5.22. The summed E-state index contributed by atoms with van der Waals surface area (Å²) in [5, 5.41) is 15.2. The van der Waals surface area contributed by atoms with Crippen LogP contribution in [-0.2, 0) is 20.9 Å². The van der Waals surface area contributed by atoms with Gasteiger partial charge < -0.3 is 25.4 Å². The van der Waals surface area contributed by atoms with Crippen molar-refractivity contribution in [2.24, 2.45) is 0 Å². The zero-order chi connectivity index (χ0) is 26.7. The second-order valence-corrected chi connectivity index (χ2v) is 9.03. The minimum absolute atomic E-state index is 0.0222. The summed E-state index contributed by atoms with van der Waals surface area (Å²) in [4.78, 5) is 40.5. The van der Waals surface area contributed by atoms with Crippen LogP contribution in [0.4, 0.5) is 4.79 Å². The highest BCUT2D eigenvalue weighted by Gasteiger charge is 2.35. The lowest BCUT2D eigenvalue weighted by Gasteiger charge is -2.33. The van der Waals surface area contributed by atoms with Gasteiger partial charge in [0.2, 0.25) is 11.8 Å². The van der Waals surface area contributed by atoms with Crippen LogP contribution >= 0.6 is 0 Å². The number of rotatable bonds is 10. The standard InChI is InChI=1S/C28H33N3O5/c1-6-17-31(26(34)23(19-32)30-27(35)36-28(3,4)5)24(22-15-13-20(7-2)14-16-22)25(33)29-18-21-11-9-8-10-12-21/h2,6,8-16,23-24,32H,1,17-19H2,3-5H3,(H,29,33)(H,30,35). The Balaban J connectivity index is 2.38. The first kappa shape index (κ1) is 28.1. The number of terminal acetylenes is 1. The van der Waals surface area contributed by atoms with Gasteiger partial charge in [0.1, 0.15) is 17.7 Å². The SMILES string of the molecule is C#Cc1ccc(C(C(=O)NCc2ccccc2)N(CC=C)C(=O)C(CO)NC(=O)OC(C)(C)C)cc1. The summed E-state index contributed by atoms with van der Waals surface area (Å²) in [5.74, 6) is 1.40. The number of aliphatic hydroxyl groups is 1. The number of hydrogen-bond acceptors (Lipinski definition) is 5. The van der Waals surface area contributed by atoms with Crippen LogP contribution in [0.5, 0.6) is 0 Å². The third-order valence-corrected chi connectivity index (χ3v) is 5.04. The summed E-state index contributed by atoms with van der Waals surface area (Å²) in [6, 6.07) is 13.6. The van der Waals surface area contributed by atoms with Gasteiger partial charge in [-0.25, -0.2) is 4.79 Å². The molecule has 3 N–H and O–H groups in total. The smallest absolute Gasteiger partial charge is 0.408 e. The molecule has 190 valence electrons. The Morgan fingerprint density at radius 1 is 1.14 bits per heavy atom. The molecule has 0 radical (unpaired) electrons. The fourth-order valence-corrected chi connectivity index (χ4v) is 3.41. The van der Waals surface area contributed by atoms with E-state index in [1.54, 1.807) is 45.0 Å². The average Bonchev–Trinajstić information content (AvgIpc) is 2.85. The van der Waals surface area contributed by atoms with Crippen LogP contribution in [0.1, 0.15) is 43.5 Å². The molecule has 0 saturated carbocycles. The Kier molecular flexibility index (Phi) is 10.3. The molecule has 3 amide bonds. The van der Waals surface area contributed by atoms with Crippen LogP contribution < -0.4 is 10.6 Å². The molecule has 0 fully saturated rings. The van der Waals surface area contributed by atoms with Crippen LogP contribution in [0, 0.1) is 12.3 Å². The van der Waals surface area contributed by atoms with E-state index in [1.165, 1.54) is 11.0 Å². The van der Waals surface area contributed by atoms with E-state index in [0.717, 1.165) is 5.56 Å². The van der Waals surface area contributed by atoms with Gasteiger partial charge in [0.15, 0.2) is 0 Å². The highest BCUT2D eigenvalue weighted by Crippen LogP contribution is 2.23. The molecule has 8 heteroatoms. The molecule has 0 saturated heterocycles. The molecule has 0 heterocycles. The lowest BCUT2D eigenvalue weighted by molar-refractivity contribution is -0.142. The lowest BCUT2D eigenvalue weighted by Crippen LogP contribution is -2.54. The van der Waals surface area contributed by atoms with Crippen LogP contribution in [0.25, 0.3) is 0 Å². The Morgan fingerprint density at radius 2 is 1.78 bits per heavy atom.